The van der Waals surface area contributed by atoms with E-state index in [1.807, 2.05) is 62.0 Å². The van der Waals surface area contributed by atoms with E-state index in [4.69, 9.17) is 0 Å². The summed E-state index contributed by atoms with van der Waals surface area (Å²) in [4.78, 5) is 21.5. The number of aryl methyl sites for hydroxylation is 1. The minimum atomic E-state index is -0.0750. The Bertz CT molecular complexity index is 1490. The summed E-state index contributed by atoms with van der Waals surface area (Å²) in [5.41, 5.74) is 6.89. The Labute approximate surface area is 204 Å². The van der Waals surface area contributed by atoms with E-state index in [1.54, 1.807) is 10.9 Å². The van der Waals surface area contributed by atoms with Gasteiger partial charge in [0.2, 0.25) is 5.91 Å². The molecule has 1 amide bonds. The molecule has 0 radical (unpaired) electrons. The van der Waals surface area contributed by atoms with Crippen molar-refractivity contribution in [2.45, 2.75) is 32.6 Å². The molecule has 1 N–H and O–H groups in total. The molecule has 0 saturated heterocycles. The third-order valence-electron chi connectivity index (χ3n) is 6.04. The van der Waals surface area contributed by atoms with Gasteiger partial charge in [-0.3, -0.25) is 19.0 Å². The minimum absolute atomic E-state index is 0.0720. The van der Waals surface area contributed by atoms with Crippen LogP contribution in [-0.4, -0.2) is 30.2 Å². The normalized spacial score (nSPS) is 11.7. The number of carbonyl (C=O) groups is 1. The van der Waals surface area contributed by atoms with Crippen molar-refractivity contribution >= 4 is 22.8 Å². The summed E-state index contributed by atoms with van der Waals surface area (Å²) in [5.74, 6) is 0.629. The molecule has 0 bridgehead atoms. The van der Waals surface area contributed by atoms with Gasteiger partial charge in [0.1, 0.15) is 12.1 Å². The van der Waals surface area contributed by atoms with Crippen LogP contribution in [0.25, 0.3) is 27.8 Å². The molecule has 7 heteroatoms. The van der Waals surface area contributed by atoms with E-state index in [0.29, 0.717) is 5.82 Å². The van der Waals surface area contributed by atoms with Gasteiger partial charge in [-0.05, 0) is 41.5 Å². The molecule has 0 aliphatic carbocycles. The molecular weight excluding hydrogens is 436 g/mol. The SMILES string of the molecule is Cn1nc(C(C)(C)C)cc1NC(=O)Cc1ccc(-n2cnc3cc(-c4cccnc4)ccc32)cc1. The summed E-state index contributed by atoms with van der Waals surface area (Å²) in [6.07, 6.45) is 5.74. The highest BCUT2D eigenvalue weighted by atomic mass is 16.1. The van der Waals surface area contributed by atoms with Crippen molar-refractivity contribution < 1.29 is 4.79 Å². The number of rotatable bonds is 5. The number of aromatic nitrogens is 5. The summed E-state index contributed by atoms with van der Waals surface area (Å²) in [5, 5.41) is 7.50. The zero-order valence-electron chi connectivity index (χ0n) is 20.4. The Morgan fingerprint density at radius 1 is 1.00 bits per heavy atom. The first-order valence-corrected chi connectivity index (χ1v) is 11.6. The number of anilines is 1. The average molecular weight is 465 g/mol. The van der Waals surface area contributed by atoms with Crippen molar-refractivity contribution in [2.75, 3.05) is 5.32 Å². The van der Waals surface area contributed by atoms with E-state index in [0.717, 1.165) is 39.1 Å². The summed E-state index contributed by atoms with van der Waals surface area (Å²) in [7, 11) is 1.84. The fraction of sp³-hybridized carbons (Fsp3) is 0.214. The van der Waals surface area contributed by atoms with Gasteiger partial charge in [0, 0.05) is 42.2 Å². The molecule has 0 saturated carbocycles. The van der Waals surface area contributed by atoms with Crippen LogP contribution in [0.4, 0.5) is 5.82 Å². The Morgan fingerprint density at radius 3 is 2.49 bits per heavy atom. The summed E-state index contributed by atoms with van der Waals surface area (Å²) in [6, 6.07) is 20.1. The molecular formula is C28H28N6O. The van der Waals surface area contributed by atoms with Gasteiger partial charge >= 0.3 is 0 Å². The van der Waals surface area contributed by atoms with E-state index in [-0.39, 0.29) is 17.7 Å². The van der Waals surface area contributed by atoms with Gasteiger partial charge in [0.15, 0.2) is 0 Å². The number of benzene rings is 2. The highest BCUT2D eigenvalue weighted by Crippen LogP contribution is 2.26. The van der Waals surface area contributed by atoms with Crippen molar-refractivity contribution in [3.63, 3.8) is 0 Å². The Kier molecular flexibility index (Phi) is 5.68. The van der Waals surface area contributed by atoms with E-state index < -0.39 is 0 Å². The third kappa shape index (κ3) is 4.71. The molecule has 0 fully saturated rings. The monoisotopic (exact) mass is 464 g/mol. The van der Waals surface area contributed by atoms with Gasteiger partial charge in [-0.25, -0.2) is 4.98 Å². The highest BCUT2D eigenvalue weighted by molar-refractivity contribution is 5.91. The summed E-state index contributed by atoms with van der Waals surface area (Å²) < 4.78 is 3.77. The van der Waals surface area contributed by atoms with Crippen LogP contribution in [0.5, 0.6) is 0 Å². The van der Waals surface area contributed by atoms with E-state index in [1.165, 1.54) is 0 Å². The van der Waals surface area contributed by atoms with Gasteiger partial charge in [-0.15, -0.1) is 0 Å². The zero-order valence-corrected chi connectivity index (χ0v) is 20.4. The predicted octanol–water partition coefficient (Wildman–Crippen LogP) is 5.30. The van der Waals surface area contributed by atoms with Crippen molar-refractivity contribution in [1.29, 1.82) is 0 Å². The van der Waals surface area contributed by atoms with Gasteiger partial charge in [-0.2, -0.15) is 5.10 Å². The second kappa shape index (κ2) is 8.83. The molecule has 0 aliphatic heterocycles. The van der Waals surface area contributed by atoms with Crippen LogP contribution in [0.2, 0.25) is 0 Å². The molecule has 2 aromatic carbocycles. The molecule has 7 nitrogen and oxygen atoms in total. The lowest BCUT2D eigenvalue weighted by atomic mass is 9.92. The molecule has 35 heavy (non-hydrogen) atoms. The van der Waals surface area contributed by atoms with E-state index >= 15 is 0 Å². The second-order valence-corrected chi connectivity index (χ2v) is 9.74. The van der Waals surface area contributed by atoms with E-state index in [9.17, 15) is 4.79 Å². The Hall–Kier alpha value is -4.26. The first-order chi connectivity index (χ1) is 16.8. The Balaban J connectivity index is 1.30. The zero-order chi connectivity index (χ0) is 24.6. The number of amides is 1. The Morgan fingerprint density at radius 2 is 1.80 bits per heavy atom. The molecule has 0 unspecified atom stereocenters. The lowest BCUT2D eigenvalue weighted by Crippen LogP contribution is -2.16. The molecule has 5 rings (SSSR count). The number of fused-ring (bicyclic) bond motifs is 1. The van der Waals surface area contributed by atoms with Gasteiger partial charge in [-0.1, -0.05) is 45.0 Å². The topological polar surface area (TPSA) is 77.6 Å². The van der Waals surface area contributed by atoms with Gasteiger partial charge in [0.25, 0.3) is 0 Å². The molecule has 5 aromatic rings. The number of carbonyl (C=O) groups excluding carboxylic acids is 1. The average Bonchev–Trinajstić information content (AvgIpc) is 3.43. The second-order valence-electron chi connectivity index (χ2n) is 9.74. The van der Waals surface area contributed by atoms with Crippen LogP contribution < -0.4 is 5.32 Å². The van der Waals surface area contributed by atoms with Gasteiger partial charge in [0.05, 0.1) is 23.1 Å². The largest absolute Gasteiger partial charge is 0.311 e. The lowest BCUT2D eigenvalue weighted by Gasteiger charge is -2.13. The highest BCUT2D eigenvalue weighted by Gasteiger charge is 2.19. The predicted molar refractivity (Wildman–Crippen MR) is 139 cm³/mol. The summed E-state index contributed by atoms with van der Waals surface area (Å²) >= 11 is 0. The summed E-state index contributed by atoms with van der Waals surface area (Å²) in [6.45, 7) is 6.31. The van der Waals surface area contributed by atoms with Crippen LogP contribution in [0.3, 0.4) is 0 Å². The van der Waals surface area contributed by atoms with Crippen LogP contribution in [-0.2, 0) is 23.7 Å². The standard InChI is InChI=1S/C28H28N6O/c1-28(2,3)25-16-26(33(4)32-25)31-27(35)14-19-7-10-22(11-8-19)34-18-30-23-15-20(9-12-24(23)34)21-6-5-13-29-17-21/h5-13,15-18H,14H2,1-4H3,(H,31,35). The first-order valence-electron chi connectivity index (χ1n) is 11.6. The minimum Gasteiger partial charge on any atom is -0.311 e. The fourth-order valence-corrected chi connectivity index (χ4v) is 4.03. The van der Waals surface area contributed by atoms with Crippen molar-refractivity contribution in [3.8, 4) is 16.8 Å². The first kappa shape index (κ1) is 22.5. The number of nitrogens with zero attached hydrogens (tertiary/aromatic N) is 5. The number of nitrogens with one attached hydrogen (secondary N) is 1. The van der Waals surface area contributed by atoms with Crippen LogP contribution in [0.15, 0.2) is 79.4 Å². The molecule has 3 aromatic heterocycles. The van der Waals surface area contributed by atoms with Crippen LogP contribution in [0, 0.1) is 0 Å². The fourth-order valence-electron chi connectivity index (χ4n) is 4.03. The van der Waals surface area contributed by atoms with Crippen molar-refractivity contribution in [3.05, 3.63) is 90.6 Å². The molecule has 0 aliphatic rings. The maximum atomic E-state index is 12.7. The van der Waals surface area contributed by atoms with Crippen LogP contribution >= 0.6 is 0 Å². The number of hydrogen-bond acceptors (Lipinski definition) is 4. The number of imidazole rings is 1. The van der Waals surface area contributed by atoms with Gasteiger partial charge < -0.3 is 5.32 Å². The van der Waals surface area contributed by atoms with Crippen molar-refractivity contribution in [2.24, 2.45) is 7.05 Å². The maximum absolute atomic E-state index is 12.7. The molecule has 0 spiro atoms. The third-order valence-corrected chi connectivity index (χ3v) is 6.04. The smallest absolute Gasteiger partial charge is 0.229 e. The van der Waals surface area contributed by atoms with Crippen molar-refractivity contribution in [1.82, 2.24) is 24.3 Å². The lowest BCUT2D eigenvalue weighted by molar-refractivity contribution is -0.115. The number of hydrogen-bond donors (Lipinski definition) is 1. The van der Waals surface area contributed by atoms with Crippen LogP contribution in [0.1, 0.15) is 32.0 Å². The molecule has 0 atom stereocenters. The quantitative estimate of drug-likeness (QED) is 0.383. The molecule has 176 valence electrons. The maximum Gasteiger partial charge on any atom is 0.229 e. The number of pyridine rings is 1. The van der Waals surface area contributed by atoms with E-state index in [2.05, 4.69) is 63.9 Å². The molecule has 3 heterocycles.